The van der Waals surface area contributed by atoms with Crippen molar-refractivity contribution in [3.05, 3.63) is 82.7 Å². The summed E-state index contributed by atoms with van der Waals surface area (Å²) in [5.74, 6) is 0. The van der Waals surface area contributed by atoms with Gasteiger partial charge in [-0.05, 0) is 41.3 Å². The summed E-state index contributed by atoms with van der Waals surface area (Å²) in [6, 6.07) is 17.4. The monoisotopic (exact) mass is 441 g/mol. The highest BCUT2D eigenvalue weighted by Crippen LogP contribution is 2.31. The van der Waals surface area contributed by atoms with Crippen molar-refractivity contribution in [2.45, 2.75) is 14.4 Å². The van der Waals surface area contributed by atoms with Gasteiger partial charge in [-0.15, -0.1) is 11.3 Å². The van der Waals surface area contributed by atoms with Gasteiger partial charge in [-0.1, -0.05) is 48.0 Å². The molecule has 27 heavy (non-hydrogen) atoms. The molecule has 5 nitrogen and oxygen atoms in total. The van der Waals surface area contributed by atoms with Crippen LogP contribution in [0.4, 0.5) is 0 Å². The van der Waals surface area contributed by atoms with Crippen molar-refractivity contribution >= 4 is 42.8 Å². The molecule has 0 spiro atoms. The lowest BCUT2D eigenvalue weighted by atomic mass is 10.1. The molecule has 3 aromatic rings. The van der Waals surface area contributed by atoms with Gasteiger partial charge in [0.05, 0.1) is 4.90 Å². The predicted molar refractivity (Wildman–Crippen MR) is 107 cm³/mol. The van der Waals surface area contributed by atoms with E-state index < -0.39 is 25.1 Å². The molecule has 1 N–H and O–H groups in total. The maximum absolute atomic E-state index is 13.1. The maximum atomic E-state index is 13.1. The van der Waals surface area contributed by atoms with E-state index in [9.17, 15) is 16.8 Å². The number of halogens is 1. The Labute approximate surface area is 167 Å². The van der Waals surface area contributed by atoms with Gasteiger partial charge in [-0.3, -0.25) is 0 Å². The third kappa shape index (κ3) is 4.59. The molecule has 0 aliphatic carbocycles. The van der Waals surface area contributed by atoms with Crippen molar-refractivity contribution < 1.29 is 16.8 Å². The molecule has 1 heterocycles. The van der Waals surface area contributed by atoms with E-state index >= 15 is 0 Å². The zero-order valence-electron chi connectivity index (χ0n) is 13.9. The molecular formula is C18H16ClNO4S3. The molecule has 0 saturated heterocycles. The third-order valence-electron chi connectivity index (χ3n) is 3.90. The average Bonchev–Trinajstić information content (AvgIpc) is 3.18. The summed E-state index contributed by atoms with van der Waals surface area (Å²) in [5.41, 5.74) is 0.518. The van der Waals surface area contributed by atoms with Crippen LogP contribution in [0.5, 0.6) is 0 Å². The molecule has 0 radical (unpaired) electrons. The first-order valence-electron chi connectivity index (χ1n) is 7.88. The molecule has 0 aliphatic heterocycles. The van der Waals surface area contributed by atoms with Crippen LogP contribution >= 0.6 is 22.9 Å². The van der Waals surface area contributed by atoms with Crippen LogP contribution < -0.4 is 4.72 Å². The van der Waals surface area contributed by atoms with Crippen LogP contribution in [-0.4, -0.2) is 23.4 Å². The normalized spacial score (nSPS) is 13.4. The van der Waals surface area contributed by atoms with Crippen LogP contribution in [0.3, 0.4) is 0 Å². The minimum Gasteiger partial charge on any atom is -0.222 e. The van der Waals surface area contributed by atoms with Gasteiger partial charge in [0.15, 0.2) is 9.84 Å². The molecule has 0 amide bonds. The van der Waals surface area contributed by atoms with E-state index in [0.29, 0.717) is 10.6 Å². The largest absolute Gasteiger partial charge is 0.240 e. The van der Waals surface area contributed by atoms with Gasteiger partial charge in [0.25, 0.3) is 0 Å². The number of benzene rings is 2. The molecule has 142 valence electrons. The van der Waals surface area contributed by atoms with Crippen LogP contribution in [0.1, 0.15) is 10.8 Å². The van der Waals surface area contributed by atoms with Gasteiger partial charge in [0.2, 0.25) is 10.0 Å². The molecule has 2 aromatic carbocycles. The van der Waals surface area contributed by atoms with Crippen molar-refractivity contribution in [3.8, 4) is 0 Å². The summed E-state index contributed by atoms with van der Waals surface area (Å²) >= 11 is 6.90. The van der Waals surface area contributed by atoms with Gasteiger partial charge in [0, 0.05) is 11.6 Å². The number of nitrogens with one attached hydrogen (secondary N) is 1. The Hall–Kier alpha value is -1.71. The van der Waals surface area contributed by atoms with Crippen LogP contribution in [0.2, 0.25) is 5.02 Å². The predicted octanol–water partition coefficient (Wildman–Crippen LogP) is 3.90. The first-order chi connectivity index (χ1) is 12.8. The summed E-state index contributed by atoms with van der Waals surface area (Å²) in [6.45, 7) is -0.283. The van der Waals surface area contributed by atoms with Crippen molar-refractivity contribution in [1.29, 1.82) is 0 Å². The van der Waals surface area contributed by atoms with Crippen molar-refractivity contribution in [3.63, 3.8) is 0 Å². The lowest BCUT2D eigenvalue weighted by molar-refractivity contribution is 0.570. The highest BCUT2D eigenvalue weighted by molar-refractivity contribution is 7.93. The minimum absolute atomic E-state index is 0.0206. The number of sulfone groups is 1. The summed E-state index contributed by atoms with van der Waals surface area (Å²) in [6.07, 6.45) is 0. The fourth-order valence-electron chi connectivity index (χ4n) is 2.52. The van der Waals surface area contributed by atoms with Crippen LogP contribution in [-0.2, 0) is 19.9 Å². The summed E-state index contributed by atoms with van der Waals surface area (Å²) < 4.78 is 53.8. The van der Waals surface area contributed by atoms with Crippen LogP contribution in [0, 0.1) is 0 Å². The van der Waals surface area contributed by atoms with Gasteiger partial charge in [0.1, 0.15) is 9.46 Å². The van der Waals surface area contributed by atoms with E-state index in [1.165, 1.54) is 30.3 Å². The third-order valence-corrected chi connectivity index (χ3v) is 9.13. The summed E-state index contributed by atoms with van der Waals surface area (Å²) in [5, 5.41) is 1.04. The fraction of sp³-hybridized carbons (Fsp3) is 0.111. The van der Waals surface area contributed by atoms with E-state index in [4.69, 9.17) is 11.6 Å². The molecule has 0 fully saturated rings. The topological polar surface area (TPSA) is 80.3 Å². The number of sulfonamides is 1. The molecule has 1 aromatic heterocycles. The standard InChI is InChI=1S/C18H16ClNO4S3/c19-15-8-10-16(11-9-15)27(23,24)20-13-17(14-5-2-1-3-6-14)26(21,22)18-7-4-12-25-18/h1-12,17,20H,13H2/t17-/m0/s1. The molecular weight excluding hydrogens is 426 g/mol. The molecule has 0 bridgehead atoms. The molecule has 0 saturated carbocycles. The second kappa shape index (κ2) is 8.12. The summed E-state index contributed by atoms with van der Waals surface area (Å²) in [7, 11) is -7.63. The van der Waals surface area contributed by atoms with E-state index in [-0.39, 0.29) is 15.6 Å². The van der Waals surface area contributed by atoms with Crippen molar-refractivity contribution in [2.75, 3.05) is 6.54 Å². The van der Waals surface area contributed by atoms with Crippen molar-refractivity contribution in [2.24, 2.45) is 0 Å². The van der Waals surface area contributed by atoms with E-state index in [0.717, 1.165) is 11.3 Å². The van der Waals surface area contributed by atoms with Gasteiger partial charge < -0.3 is 0 Å². The van der Waals surface area contributed by atoms with Crippen molar-refractivity contribution in [1.82, 2.24) is 4.72 Å². The fourth-order valence-corrected chi connectivity index (χ4v) is 6.67. The lowest BCUT2D eigenvalue weighted by Crippen LogP contribution is -2.31. The Morgan fingerprint density at radius 2 is 1.56 bits per heavy atom. The number of thiophene rings is 1. The maximum Gasteiger partial charge on any atom is 0.240 e. The van der Waals surface area contributed by atoms with E-state index in [1.807, 2.05) is 0 Å². The van der Waals surface area contributed by atoms with Crippen LogP contribution in [0.15, 0.2) is 81.2 Å². The van der Waals surface area contributed by atoms with Gasteiger partial charge in [-0.2, -0.15) is 0 Å². The minimum atomic E-state index is -3.88. The second-order valence-electron chi connectivity index (χ2n) is 5.68. The highest BCUT2D eigenvalue weighted by atomic mass is 35.5. The Kier molecular flexibility index (Phi) is 6.02. The zero-order chi connectivity index (χ0) is 19.5. The van der Waals surface area contributed by atoms with Crippen LogP contribution in [0.25, 0.3) is 0 Å². The Balaban J connectivity index is 1.92. The SMILES string of the molecule is O=S(=O)(NC[C@@H](c1ccccc1)S(=O)(=O)c1cccs1)c1ccc(Cl)cc1. The number of rotatable bonds is 7. The summed E-state index contributed by atoms with van der Waals surface area (Å²) in [4.78, 5) is 0.0206. The Morgan fingerprint density at radius 1 is 0.889 bits per heavy atom. The highest BCUT2D eigenvalue weighted by Gasteiger charge is 2.31. The molecule has 3 rings (SSSR count). The smallest absolute Gasteiger partial charge is 0.222 e. The first kappa shape index (κ1) is 20.0. The van der Waals surface area contributed by atoms with E-state index in [2.05, 4.69) is 4.72 Å². The van der Waals surface area contributed by atoms with E-state index in [1.54, 1.807) is 41.8 Å². The molecule has 1 atom stereocenters. The average molecular weight is 442 g/mol. The lowest BCUT2D eigenvalue weighted by Gasteiger charge is -2.18. The molecule has 0 aliphatic rings. The van der Waals surface area contributed by atoms with Gasteiger partial charge in [-0.25, -0.2) is 21.6 Å². The molecule has 9 heteroatoms. The quantitative estimate of drug-likeness (QED) is 0.603. The molecule has 0 unspecified atom stereocenters. The number of hydrogen-bond acceptors (Lipinski definition) is 5. The van der Waals surface area contributed by atoms with Gasteiger partial charge >= 0.3 is 0 Å². The number of hydrogen-bond donors (Lipinski definition) is 1. The zero-order valence-corrected chi connectivity index (χ0v) is 17.2. The first-order valence-corrected chi connectivity index (χ1v) is 12.2. The second-order valence-corrected chi connectivity index (χ2v) is 11.2. The Morgan fingerprint density at radius 3 is 2.15 bits per heavy atom. The Bertz CT molecular complexity index is 1100.